The third-order valence-corrected chi connectivity index (χ3v) is 5.84. The van der Waals surface area contributed by atoms with Crippen molar-refractivity contribution >= 4 is 66.4 Å². The Balaban J connectivity index is 2.46. The quantitative estimate of drug-likeness (QED) is 0.653. The maximum atomic E-state index is 12.4. The summed E-state index contributed by atoms with van der Waals surface area (Å²) < 4.78 is 27.9. The van der Waals surface area contributed by atoms with E-state index in [9.17, 15) is 8.42 Å². The Labute approximate surface area is 146 Å². The SMILES string of the molecule is Cc1ccc(NS(=O)(=O)c2cc(Cl)c(Cl)cc2Cl)c(Br)c1. The highest BCUT2D eigenvalue weighted by atomic mass is 79.9. The lowest BCUT2D eigenvalue weighted by Gasteiger charge is -2.12. The maximum Gasteiger partial charge on any atom is 0.263 e. The molecule has 0 bridgehead atoms. The number of nitrogens with one attached hydrogen (secondary N) is 1. The second-order valence-corrected chi connectivity index (χ2v) is 8.01. The van der Waals surface area contributed by atoms with Gasteiger partial charge in [-0.25, -0.2) is 8.42 Å². The molecule has 1 N–H and O–H groups in total. The average Bonchev–Trinajstić information content (AvgIpc) is 2.37. The molecule has 3 nitrogen and oxygen atoms in total. The van der Waals surface area contributed by atoms with E-state index < -0.39 is 10.0 Å². The number of sulfonamides is 1. The fraction of sp³-hybridized carbons (Fsp3) is 0.0769. The van der Waals surface area contributed by atoms with Crippen molar-refractivity contribution in [2.24, 2.45) is 0 Å². The van der Waals surface area contributed by atoms with E-state index in [1.165, 1.54) is 12.1 Å². The Morgan fingerprint density at radius 3 is 2.24 bits per heavy atom. The highest BCUT2D eigenvalue weighted by Crippen LogP contribution is 2.33. The molecule has 0 amide bonds. The van der Waals surface area contributed by atoms with Crippen LogP contribution in [0.1, 0.15) is 5.56 Å². The zero-order chi connectivity index (χ0) is 15.8. The minimum absolute atomic E-state index is 0.000124. The van der Waals surface area contributed by atoms with Crippen LogP contribution < -0.4 is 4.72 Å². The van der Waals surface area contributed by atoms with Crippen LogP contribution in [0.15, 0.2) is 39.7 Å². The van der Waals surface area contributed by atoms with E-state index in [0.717, 1.165) is 5.56 Å². The molecule has 0 saturated carbocycles. The summed E-state index contributed by atoms with van der Waals surface area (Å²) in [5, 5.41) is 0.307. The third kappa shape index (κ3) is 3.85. The molecular weight excluding hydrogens is 420 g/mol. The van der Waals surface area contributed by atoms with Crippen LogP contribution in [0.2, 0.25) is 15.1 Å². The van der Waals surface area contributed by atoms with Crippen molar-refractivity contribution in [2.45, 2.75) is 11.8 Å². The Morgan fingerprint density at radius 2 is 1.62 bits per heavy atom. The molecule has 21 heavy (non-hydrogen) atoms. The van der Waals surface area contributed by atoms with Crippen molar-refractivity contribution < 1.29 is 8.42 Å². The molecule has 0 aromatic heterocycles. The molecule has 0 aliphatic heterocycles. The van der Waals surface area contributed by atoms with Gasteiger partial charge in [0.05, 0.1) is 20.8 Å². The maximum absolute atomic E-state index is 12.4. The van der Waals surface area contributed by atoms with E-state index in [0.29, 0.717) is 10.2 Å². The predicted molar refractivity (Wildman–Crippen MR) is 91.2 cm³/mol. The van der Waals surface area contributed by atoms with Gasteiger partial charge in [-0.05, 0) is 52.7 Å². The molecule has 0 spiro atoms. The summed E-state index contributed by atoms with van der Waals surface area (Å²) in [5.41, 5.74) is 1.40. The normalized spacial score (nSPS) is 11.5. The van der Waals surface area contributed by atoms with Gasteiger partial charge in [-0.2, -0.15) is 0 Å². The van der Waals surface area contributed by atoms with Crippen molar-refractivity contribution in [3.63, 3.8) is 0 Å². The molecule has 112 valence electrons. The number of anilines is 1. The Kier molecular flexibility index (Phi) is 5.11. The van der Waals surface area contributed by atoms with Gasteiger partial charge in [-0.15, -0.1) is 0 Å². The van der Waals surface area contributed by atoms with Crippen LogP contribution in [0.3, 0.4) is 0 Å². The van der Waals surface area contributed by atoms with Crippen molar-refractivity contribution in [3.8, 4) is 0 Å². The number of aryl methyl sites for hydroxylation is 1. The van der Waals surface area contributed by atoms with Gasteiger partial charge >= 0.3 is 0 Å². The molecular formula is C13H9BrCl3NO2S. The molecule has 0 saturated heterocycles. The van der Waals surface area contributed by atoms with E-state index in [-0.39, 0.29) is 20.0 Å². The van der Waals surface area contributed by atoms with Gasteiger partial charge in [-0.3, -0.25) is 4.72 Å². The molecule has 0 aliphatic rings. The zero-order valence-electron chi connectivity index (χ0n) is 10.6. The summed E-state index contributed by atoms with van der Waals surface area (Å²) >= 11 is 20.9. The van der Waals surface area contributed by atoms with Crippen LogP contribution >= 0.6 is 50.7 Å². The summed E-state index contributed by atoms with van der Waals surface area (Å²) in [5.74, 6) is 0. The van der Waals surface area contributed by atoms with Gasteiger partial charge in [0.2, 0.25) is 0 Å². The topological polar surface area (TPSA) is 46.2 Å². The molecule has 0 radical (unpaired) electrons. The zero-order valence-corrected chi connectivity index (χ0v) is 15.3. The fourth-order valence-corrected chi connectivity index (χ4v) is 4.42. The van der Waals surface area contributed by atoms with Crippen LogP contribution in [0.4, 0.5) is 5.69 Å². The van der Waals surface area contributed by atoms with E-state index >= 15 is 0 Å². The monoisotopic (exact) mass is 427 g/mol. The first-order valence-corrected chi connectivity index (χ1v) is 9.05. The molecule has 0 unspecified atom stereocenters. The standard InChI is InChI=1S/C13H9BrCl3NO2S/c1-7-2-3-12(8(14)4-7)18-21(19,20)13-6-10(16)9(15)5-11(13)17/h2-6,18H,1H3. The lowest BCUT2D eigenvalue weighted by atomic mass is 10.2. The van der Waals surface area contributed by atoms with Gasteiger partial charge in [0.25, 0.3) is 10.0 Å². The second-order valence-electron chi connectivity index (χ2n) is 4.29. The summed E-state index contributed by atoms with van der Waals surface area (Å²) in [6, 6.07) is 7.76. The fourth-order valence-electron chi connectivity index (χ4n) is 1.61. The van der Waals surface area contributed by atoms with Gasteiger partial charge in [0.15, 0.2) is 0 Å². The molecule has 0 atom stereocenters. The van der Waals surface area contributed by atoms with Crippen molar-refractivity contribution in [1.82, 2.24) is 0 Å². The number of benzene rings is 2. The Hall–Kier alpha value is -0.460. The molecule has 2 aromatic carbocycles. The summed E-state index contributed by atoms with van der Waals surface area (Å²) in [6.45, 7) is 1.90. The van der Waals surface area contributed by atoms with Crippen LogP contribution in [0.5, 0.6) is 0 Å². The van der Waals surface area contributed by atoms with Crippen LogP contribution in [-0.2, 0) is 10.0 Å². The third-order valence-electron chi connectivity index (χ3n) is 2.63. The smallest absolute Gasteiger partial charge is 0.263 e. The molecule has 0 fully saturated rings. The van der Waals surface area contributed by atoms with Crippen LogP contribution in [0.25, 0.3) is 0 Å². The summed E-state index contributed by atoms with van der Waals surface area (Å²) in [6.07, 6.45) is 0. The van der Waals surface area contributed by atoms with E-state index in [1.54, 1.807) is 18.2 Å². The molecule has 2 rings (SSSR count). The second kappa shape index (κ2) is 6.34. The number of rotatable bonds is 3. The van der Waals surface area contributed by atoms with E-state index in [2.05, 4.69) is 20.7 Å². The molecule has 2 aromatic rings. The summed E-state index contributed by atoms with van der Waals surface area (Å²) in [7, 11) is -3.87. The molecule has 0 heterocycles. The minimum Gasteiger partial charge on any atom is -0.278 e. The van der Waals surface area contributed by atoms with Gasteiger partial charge in [0, 0.05) is 4.47 Å². The lowest BCUT2D eigenvalue weighted by molar-refractivity contribution is 0.601. The van der Waals surface area contributed by atoms with Gasteiger partial charge in [0.1, 0.15) is 4.90 Å². The highest BCUT2D eigenvalue weighted by molar-refractivity contribution is 9.10. The minimum atomic E-state index is -3.87. The number of hydrogen-bond donors (Lipinski definition) is 1. The first-order chi connectivity index (χ1) is 9.70. The van der Waals surface area contributed by atoms with E-state index in [4.69, 9.17) is 34.8 Å². The average molecular weight is 430 g/mol. The molecule has 0 aliphatic carbocycles. The highest BCUT2D eigenvalue weighted by Gasteiger charge is 2.21. The first-order valence-electron chi connectivity index (χ1n) is 5.64. The Bertz CT molecular complexity index is 809. The Morgan fingerprint density at radius 1 is 1.00 bits per heavy atom. The van der Waals surface area contributed by atoms with E-state index in [1.807, 2.05) is 6.92 Å². The van der Waals surface area contributed by atoms with Gasteiger partial charge in [-0.1, -0.05) is 40.9 Å². The predicted octanol–water partition coefficient (Wildman–Crippen LogP) is 5.52. The largest absolute Gasteiger partial charge is 0.278 e. The number of hydrogen-bond acceptors (Lipinski definition) is 2. The van der Waals surface area contributed by atoms with Crippen molar-refractivity contribution in [1.29, 1.82) is 0 Å². The lowest BCUT2D eigenvalue weighted by Crippen LogP contribution is -2.14. The molecule has 8 heteroatoms. The van der Waals surface area contributed by atoms with Crippen LogP contribution in [-0.4, -0.2) is 8.42 Å². The van der Waals surface area contributed by atoms with Crippen molar-refractivity contribution in [2.75, 3.05) is 4.72 Å². The first kappa shape index (κ1) is 16.9. The number of halogens is 4. The van der Waals surface area contributed by atoms with Crippen molar-refractivity contribution in [3.05, 3.63) is 55.4 Å². The summed E-state index contributed by atoms with van der Waals surface area (Å²) in [4.78, 5) is -0.133. The van der Waals surface area contributed by atoms with Gasteiger partial charge < -0.3 is 0 Å². The van der Waals surface area contributed by atoms with Crippen LogP contribution in [0, 0.1) is 6.92 Å².